The molecule has 4 nitrogen and oxygen atoms in total. The maximum Gasteiger partial charge on any atom is 0.336 e. The second-order valence-corrected chi connectivity index (χ2v) is 7.56. The number of carboxylic acids is 1. The van der Waals surface area contributed by atoms with Crippen LogP contribution in [0.5, 0.6) is 5.75 Å². The van der Waals surface area contributed by atoms with Crippen molar-refractivity contribution < 1.29 is 19.8 Å². The maximum atomic E-state index is 12.5. The van der Waals surface area contributed by atoms with Gasteiger partial charge in [0.2, 0.25) is 0 Å². The molecular weight excluding hydrogens is 400 g/mol. The van der Waals surface area contributed by atoms with Crippen molar-refractivity contribution in [3.05, 3.63) is 125 Å². The van der Waals surface area contributed by atoms with E-state index in [-0.39, 0.29) is 17.1 Å². The van der Waals surface area contributed by atoms with E-state index in [1.165, 1.54) is 6.08 Å². The summed E-state index contributed by atoms with van der Waals surface area (Å²) in [5, 5.41) is 21.8. The molecule has 1 aliphatic carbocycles. The molecule has 0 fully saturated rings. The first-order valence-electron chi connectivity index (χ1n) is 10.2. The molecule has 1 aliphatic rings. The van der Waals surface area contributed by atoms with Crippen LogP contribution < -0.4 is 0 Å². The van der Waals surface area contributed by atoms with E-state index in [4.69, 9.17) is 0 Å². The van der Waals surface area contributed by atoms with Crippen LogP contribution in [0.2, 0.25) is 0 Å². The highest BCUT2D eigenvalue weighted by Gasteiger charge is 2.24. The first-order chi connectivity index (χ1) is 15.6. The second kappa shape index (κ2) is 7.67. The number of rotatable bonds is 3. The Kier molecular flexibility index (Phi) is 4.68. The maximum absolute atomic E-state index is 12.5. The first kappa shape index (κ1) is 19.5. The van der Waals surface area contributed by atoms with Gasteiger partial charge in [0, 0.05) is 10.9 Å². The van der Waals surface area contributed by atoms with Gasteiger partial charge < -0.3 is 10.2 Å². The van der Waals surface area contributed by atoms with Gasteiger partial charge in [0.25, 0.3) is 0 Å². The minimum Gasteiger partial charge on any atom is -0.507 e. The van der Waals surface area contributed by atoms with Gasteiger partial charge in [-0.2, -0.15) is 0 Å². The topological polar surface area (TPSA) is 74.6 Å². The van der Waals surface area contributed by atoms with Gasteiger partial charge in [-0.25, -0.2) is 4.79 Å². The van der Waals surface area contributed by atoms with E-state index in [0.717, 1.165) is 22.1 Å². The average molecular weight is 418 g/mol. The van der Waals surface area contributed by atoms with Gasteiger partial charge in [-0.05, 0) is 57.5 Å². The summed E-state index contributed by atoms with van der Waals surface area (Å²) in [7, 11) is 0. The van der Waals surface area contributed by atoms with E-state index in [1.54, 1.807) is 48.5 Å². The summed E-state index contributed by atoms with van der Waals surface area (Å²) < 4.78 is 0. The molecule has 0 bridgehead atoms. The number of aromatic carboxylic acids is 1. The third kappa shape index (κ3) is 3.10. The van der Waals surface area contributed by atoms with Crippen molar-refractivity contribution in [1.29, 1.82) is 0 Å². The Morgan fingerprint density at radius 1 is 0.625 bits per heavy atom. The van der Waals surface area contributed by atoms with Crippen LogP contribution in [0.25, 0.3) is 21.9 Å². The summed E-state index contributed by atoms with van der Waals surface area (Å²) in [4.78, 5) is 24.6. The fourth-order valence-electron chi connectivity index (χ4n) is 4.31. The zero-order chi connectivity index (χ0) is 22.2. The van der Waals surface area contributed by atoms with Crippen LogP contribution in [-0.4, -0.2) is 22.0 Å². The van der Waals surface area contributed by atoms with E-state index in [0.29, 0.717) is 22.1 Å². The number of hydrogen-bond acceptors (Lipinski definition) is 3. The zero-order valence-corrected chi connectivity index (χ0v) is 16.9. The van der Waals surface area contributed by atoms with Crippen molar-refractivity contribution in [2.75, 3.05) is 0 Å². The van der Waals surface area contributed by atoms with Crippen LogP contribution in [0.15, 0.2) is 97.1 Å². The molecule has 2 N–H and O–H groups in total. The number of benzene rings is 4. The van der Waals surface area contributed by atoms with Crippen LogP contribution in [0.1, 0.15) is 37.4 Å². The lowest BCUT2D eigenvalue weighted by atomic mass is 9.81. The molecule has 0 aromatic heterocycles. The average Bonchev–Trinajstić information content (AvgIpc) is 2.82. The molecular formula is C28H18O4. The van der Waals surface area contributed by atoms with Crippen LogP contribution in [-0.2, 0) is 0 Å². The van der Waals surface area contributed by atoms with Crippen molar-refractivity contribution in [3.8, 4) is 5.75 Å². The molecule has 4 heteroatoms. The highest BCUT2D eigenvalue weighted by atomic mass is 16.4. The Morgan fingerprint density at radius 3 is 2.00 bits per heavy atom. The van der Waals surface area contributed by atoms with E-state index in [9.17, 15) is 19.8 Å². The van der Waals surface area contributed by atoms with Crippen LogP contribution in [0, 0.1) is 0 Å². The van der Waals surface area contributed by atoms with Gasteiger partial charge >= 0.3 is 5.97 Å². The quantitative estimate of drug-likeness (QED) is 0.431. The Balaban J connectivity index is 1.96. The normalized spacial score (nSPS) is 14.3. The molecule has 4 aromatic rings. The van der Waals surface area contributed by atoms with Crippen molar-refractivity contribution in [2.24, 2.45) is 0 Å². The Morgan fingerprint density at radius 2 is 1.25 bits per heavy atom. The third-order valence-corrected chi connectivity index (χ3v) is 5.75. The molecule has 4 aromatic carbocycles. The molecule has 32 heavy (non-hydrogen) atoms. The molecule has 0 saturated carbocycles. The molecule has 0 spiro atoms. The molecule has 0 amide bonds. The number of phenolic OH excluding ortho intramolecular Hbond substituents is 1. The number of carboxylic acid groups (broad SMARTS) is 1. The molecule has 0 radical (unpaired) electrons. The lowest BCUT2D eigenvalue weighted by Crippen LogP contribution is -2.09. The van der Waals surface area contributed by atoms with E-state index in [1.807, 2.05) is 42.5 Å². The molecule has 0 atom stereocenters. The molecule has 0 aliphatic heterocycles. The van der Waals surface area contributed by atoms with Crippen molar-refractivity contribution in [2.45, 2.75) is 0 Å². The smallest absolute Gasteiger partial charge is 0.336 e. The van der Waals surface area contributed by atoms with Crippen molar-refractivity contribution >= 4 is 33.7 Å². The second-order valence-electron chi connectivity index (χ2n) is 7.56. The van der Waals surface area contributed by atoms with E-state index < -0.39 is 5.97 Å². The molecule has 5 rings (SSSR count). The predicted molar refractivity (Wildman–Crippen MR) is 125 cm³/mol. The summed E-state index contributed by atoms with van der Waals surface area (Å²) in [5.74, 6) is -0.980. The zero-order valence-electron chi connectivity index (χ0n) is 16.9. The summed E-state index contributed by atoms with van der Waals surface area (Å²) in [6.45, 7) is 0. The highest BCUT2D eigenvalue weighted by Crippen LogP contribution is 2.41. The van der Waals surface area contributed by atoms with E-state index >= 15 is 0 Å². The summed E-state index contributed by atoms with van der Waals surface area (Å²) in [5.41, 5.74) is 4.23. The Bertz CT molecular complexity index is 1470. The summed E-state index contributed by atoms with van der Waals surface area (Å²) >= 11 is 0. The van der Waals surface area contributed by atoms with Crippen LogP contribution in [0.4, 0.5) is 0 Å². The number of allylic oxidation sites excluding steroid dienone is 3. The molecule has 0 saturated heterocycles. The first-order valence-corrected chi connectivity index (χ1v) is 10.2. The summed E-state index contributed by atoms with van der Waals surface area (Å²) in [6.07, 6.45) is 3.27. The van der Waals surface area contributed by atoms with E-state index in [2.05, 4.69) is 0 Å². The number of phenols is 1. The fraction of sp³-hybridized carbons (Fsp3) is 0. The third-order valence-electron chi connectivity index (χ3n) is 5.75. The Labute approximate surface area is 184 Å². The van der Waals surface area contributed by atoms with Crippen LogP contribution in [0.3, 0.4) is 0 Å². The van der Waals surface area contributed by atoms with Crippen LogP contribution >= 0.6 is 0 Å². The molecule has 0 unspecified atom stereocenters. The predicted octanol–water partition coefficient (Wildman–Crippen LogP) is 5.96. The largest absolute Gasteiger partial charge is 0.507 e. The molecule has 154 valence electrons. The number of aromatic hydroxyl groups is 1. The highest BCUT2D eigenvalue weighted by molar-refractivity contribution is 6.19. The van der Waals surface area contributed by atoms with Gasteiger partial charge in [0.1, 0.15) is 5.75 Å². The number of hydrogen-bond donors (Lipinski definition) is 2. The number of fused-ring (bicyclic) bond motifs is 2. The van der Waals surface area contributed by atoms with Crippen molar-refractivity contribution in [1.82, 2.24) is 0 Å². The minimum absolute atomic E-state index is 0.0919. The lowest BCUT2D eigenvalue weighted by Gasteiger charge is -2.21. The van der Waals surface area contributed by atoms with Gasteiger partial charge in [-0.15, -0.1) is 0 Å². The number of carbonyl (C=O) groups excluding carboxylic acids is 1. The Hall–Kier alpha value is -4.44. The van der Waals surface area contributed by atoms with Gasteiger partial charge in [0.15, 0.2) is 5.78 Å². The number of carbonyl (C=O) groups is 2. The monoisotopic (exact) mass is 418 g/mol. The minimum atomic E-state index is -1.04. The number of ketones is 1. The van der Waals surface area contributed by atoms with Gasteiger partial charge in [-0.3, -0.25) is 4.79 Å². The molecule has 0 heterocycles. The SMILES string of the molecule is O=C(O)c1ccccc1C(=C1C=CC(=O)c2ccccc21)c1ccc(O)c2ccccc12. The van der Waals surface area contributed by atoms with Gasteiger partial charge in [0.05, 0.1) is 5.56 Å². The summed E-state index contributed by atoms with van der Waals surface area (Å²) in [6, 6.07) is 25.0. The lowest BCUT2D eigenvalue weighted by molar-refractivity contribution is 0.0696. The standard InChI is InChI=1S/C28H18O4/c29-25-15-13-22(17-7-1-3-9-19(17)25)27(21-11-5-6-12-24(21)28(31)32)23-14-16-26(30)20-10-4-2-8-18(20)23/h1-16,29H,(H,31,32). The fourth-order valence-corrected chi connectivity index (χ4v) is 4.31. The van der Waals surface area contributed by atoms with Crippen molar-refractivity contribution in [3.63, 3.8) is 0 Å². The van der Waals surface area contributed by atoms with Gasteiger partial charge in [-0.1, -0.05) is 72.8 Å².